The van der Waals surface area contributed by atoms with E-state index in [0.717, 1.165) is 10.0 Å². The predicted molar refractivity (Wildman–Crippen MR) is 53.6 cm³/mol. The third kappa shape index (κ3) is 1.80. The second-order valence-corrected chi connectivity index (χ2v) is 3.40. The molecule has 0 aliphatic carbocycles. The lowest BCUT2D eigenvalue weighted by molar-refractivity contribution is -0.736. The van der Waals surface area contributed by atoms with Crippen molar-refractivity contribution in [2.75, 3.05) is 12.8 Å². The molecule has 0 atom stereocenters. The summed E-state index contributed by atoms with van der Waals surface area (Å²) in [7, 11) is 1.30. The van der Waals surface area contributed by atoms with E-state index in [2.05, 4.69) is 20.8 Å². The number of hydrogen-bond donors (Lipinski definition) is 1. The van der Waals surface area contributed by atoms with Gasteiger partial charge >= 0.3 is 5.69 Å². The molecule has 1 aromatic carbocycles. The number of nitrogen functional groups attached to an aromatic ring is 1. The molecule has 4 nitrogen and oxygen atoms in total. The van der Waals surface area contributed by atoms with Crippen molar-refractivity contribution in [2.45, 2.75) is 6.92 Å². The van der Waals surface area contributed by atoms with Gasteiger partial charge in [0.15, 0.2) is 7.11 Å². The predicted octanol–water partition coefficient (Wildman–Crippen LogP) is 2.31. The van der Waals surface area contributed by atoms with Gasteiger partial charge in [0.05, 0.1) is 4.91 Å². The highest BCUT2D eigenvalue weighted by molar-refractivity contribution is 9.10. The maximum Gasteiger partial charge on any atom is 0.343 e. The van der Waals surface area contributed by atoms with Crippen LogP contribution in [0.4, 0.5) is 11.4 Å². The van der Waals surface area contributed by atoms with E-state index in [0.29, 0.717) is 16.3 Å². The van der Waals surface area contributed by atoms with E-state index < -0.39 is 0 Å². The van der Waals surface area contributed by atoms with Crippen LogP contribution in [-0.4, -0.2) is 12.0 Å². The lowest BCUT2D eigenvalue weighted by atomic mass is 10.2. The van der Waals surface area contributed by atoms with Gasteiger partial charge in [0.2, 0.25) is 0 Å². The molecule has 1 aromatic rings. The lowest BCUT2D eigenvalue weighted by Crippen LogP contribution is -2.04. The minimum Gasteiger partial charge on any atom is -0.393 e. The zero-order chi connectivity index (χ0) is 10.0. The highest BCUT2D eigenvalue weighted by Crippen LogP contribution is 2.31. The first-order valence-electron chi connectivity index (χ1n) is 3.64. The molecule has 0 bridgehead atoms. The van der Waals surface area contributed by atoms with Crippen molar-refractivity contribution in [1.82, 2.24) is 0 Å². The Morgan fingerprint density at radius 1 is 1.54 bits per heavy atom. The van der Waals surface area contributed by atoms with Crippen LogP contribution in [0.15, 0.2) is 16.6 Å². The molecule has 0 unspecified atom stereocenters. The zero-order valence-electron chi connectivity index (χ0n) is 7.37. The molecule has 70 valence electrons. The van der Waals surface area contributed by atoms with Crippen LogP contribution in [0, 0.1) is 11.8 Å². The van der Waals surface area contributed by atoms with E-state index >= 15 is 0 Å². The highest BCUT2D eigenvalue weighted by atomic mass is 79.9. The second-order valence-electron chi connectivity index (χ2n) is 2.55. The third-order valence-electron chi connectivity index (χ3n) is 1.74. The fourth-order valence-corrected chi connectivity index (χ4v) is 1.35. The monoisotopic (exact) mass is 245 g/mol. The molecule has 13 heavy (non-hydrogen) atoms. The molecule has 0 radical (unpaired) electrons. The van der Waals surface area contributed by atoms with E-state index in [4.69, 9.17) is 5.73 Å². The van der Waals surface area contributed by atoms with Crippen molar-refractivity contribution < 1.29 is 9.76 Å². The minimum absolute atomic E-state index is 0.344. The number of anilines is 1. The van der Waals surface area contributed by atoms with Crippen LogP contribution in [-0.2, 0) is 4.84 Å². The van der Waals surface area contributed by atoms with Crippen molar-refractivity contribution >= 4 is 27.3 Å². The smallest absolute Gasteiger partial charge is 0.343 e. The molecule has 0 aromatic heterocycles. The van der Waals surface area contributed by atoms with E-state index in [-0.39, 0.29) is 0 Å². The summed E-state index contributed by atoms with van der Waals surface area (Å²) in [5.41, 5.74) is 7.13. The molecule has 0 heterocycles. The van der Waals surface area contributed by atoms with Crippen molar-refractivity contribution in [3.63, 3.8) is 0 Å². The second kappa shape index (κ2) is 3.74. The Labute approximate surface area is 84.3 Å². The van der Waals surface area contributed by atoms with Crippen LogP contribution in [0.25, 0.3) is 0 Å². The summed E-state index contributed by atoms with van der Waals surface area (Å²) >= 11 is 3.30. The fourth-order valence-electron chi connectivity index (χ4n) is 1.03. The molecule has 0 amide bonds. The normalized spacial score (nSPS) is 9.77. The Morgan fingerprint density at radius 2 is 2.15 bits per heavy atom. The van der Waals surface area contributed by atoms with Gasteiger partial charge in [-0.25, -0.2) is 4.84 Å². The Morgan fingerprint density at radius 3 is 2.69 bits per heavy atom. The quantitative estimate of drug-likeness (QED) is 0.643. The molecular weight excluding hydrogens is 236 g/mol. The number of benzene rings is 1. The van der Waals surface area contributed by atoms with Gasteiger partial charge < -0.3 is 5.73 Å². The summed E-state index contributed by atoms with van der Waals surface area (Å²) in [6.45, 7) is 1.79. The average Bonchev–Trinajstić information content (AvgIpc) is 2.12. The van der Waals surface area contributed by atoms with Crippen molar-refractivity contribution in [1.29, 1.82) is 0 Å². The maximum absolute atomic E-state index is 11.2. The topological polar surface area (TPSA) is 55.3 Å². The van der Waals surface area contributed by atoms with Crippen LogP contribution in [0.1, 0.15) is 5.56 Å². The Kier molecular flexibility index (Phi) is 2.87. The van der Waals surface area contributed by atoms with Crippen LogP contribution in [0.5, 0.6) is 0 Å². The summed E-state index contributed by atoms with van der Waals surface area (Å²) < 4.78 is 0.828. The number of nitrogens with zero attached hydrogens (tertiary/aromatic N) is 1. The average molecular weight is 246 g/mol. The summed E-state index contributed by atoms with van der Waals surface area (Å²) in [5.74, 6) is 0. The molecular formula is C8H10BrN2O2+. The number of nitrogens with two attached hydrogens (primary N) is 1. The summed E-state index contributed by atoms with van der Waals surface area (Å²) in [6.07, 6.45) is 0. The first kappa shape index (κ1) is 9.98. The van der Waals surface area contributed by atoms with Gasteiger partial charge in [-0.2, -0.15) is 0 Å². The lowest BCUT2D eigenvalue weighted by Gasteiger charge is -2.00. The van der Waals surface area contributed by atoms with Gasteiger partial charge in [-0.3, -0.25) is 0 Å². The number of hydrogen-bond acceptors (Lipinski definition) is 3. The Balaban J connectivity index is 3.33. The van der Waals surface area contributed by atoms with Crippen molar-refractivity contribution in [2.24, 2.45) is 0 Å². The van der Waals surface area contributed by atoms with Crippen LogP contribution in [0.3, 0.4) is 0 Å². The third-order valence-corrected chi connectivity index (χ3v) is 2.60. The van der Waals surface area contributed by atoms with Gasteiger partial charge in [0.1, 0.15) is 5.69 Å². The molecule has 2 N–H and O–H groups in total. The fraction of sp³-hybridized carbons (Fsp3) is 0.250. The SMILES string of the molecule is CO[N+](=O)c1c(N)ccc(Br)c1C. The van der Waals surface area contributed by atoms with Gasteiger partial charge in [0, 0.05) is 10.0 Å². The molecule has 0 aliphatic heterocycles. The molecule has 0 aliphatic rings. The van der Waals surface area contributed by atoms with E-state index in [1.807, 2.05) is 0 Å². The summed E-state index contributed by atoms with van der Waals surface area (Å²) in [4.78, 5) is 16.1. The Bertz CT molecular complexity index is 352. The molecule has 0 saturated heterocycles. The van der Waals surface area contributed by atoms with Crippen molar-refractivity contribution in [3.05, 3.63) is 27.1 Å². The summed E-state index contributed by atoms with van der Waals surface area (Å²) in [5, 5.41) is 0. The van der Waals surface area contributed by atoms with E-state index in [9.17, 15) is 4.91 Å². The van der Waals surface area contributed by atoms with Gasteiger partial charge in [0.25, 0.3) is 4.92 Å². The number of halogens is 1. The zero-order valence-corrected chi connectivity index (χ0v) is 8.96. The minimum atomic E-state index is 0.344. The standard InChI is InChI=1S/C8H10BrN2O2/c1-5-6(9)3-4-7(10)8(5)11(12)13-2/h3-4H,10H2,1-2H3/q+1. The number of rotatable bonds is 2. The highest BCUT2D eigenvalue weighted by Gasteiger charge is 2.23. The van der Waals surface area contributed by atoms with Crippen molar-refractivity contribution in [3.8, 4) is 0 Å². The molecule has 0 fully saturated rings. The molecule has 0 spiro atoms. The van der Waals surface area contributed by atoms with Gasteiger partial charge in [-0.15, -0.1) is 0 Å². The summed E-state index contributed by atoms with van der Waals surface area (Å²) in [6, 6.07) is 3.44. The van der Waals surface area contributed by atoms with Crippen LogP contribution in [0.2, 0.25) is 0 Å². The molecule has 1 rings (SSSR count). The van der Waals surface area contributed by atoms with Crippen LogP contribution < -0.4 is 5.73 Å². The van der Waals surface area contributed by atoms with Gasteiger partial charge in [-0.1, -0.05) is 15.9 Å². The maximum atomic E-state index is 11.2. The van der Waals surface area contributed by atoms with Gasteiger partial charge in [-0.05, 0) is 19.1 Å². The van der Waals surface area contributed by atoms with Crippen LogP contribution >= 0.6 is 15.9 Å². The Hall–Kier alpha value is -1.10. The van der Waals surface area contributed by atoms with E-state index in [1.165, 1.54) is 7.11 Å². The molecule has 5 heteroatoms. The largest absolute Gasteiger partial charge is 0.393 e. The molecule has 0 saturated carbocycles. The van der Waals surface area contributed by atoms with E-state index in [1.54, 1.807) is 19.1 Å². The first-order chi connectivity index (χ1) is 6.07. The first-order valence-corrected chi connectivity index (χ1v) is 4.43.